The van der Waals surface area contributed by atoms with Crippen molar-refractivity contribution in [2.45, 2.75) is 19.3 Å². The van der Waals surface area contributed by atoms with Gasteiger partial charge in [-0.1, -0.05) is 26.0 Å². The van der Waals surface area contributed by atoms with E-state index < -0.39 is 17.4 Å². The number of halogens is 2. The predicted molar refractivity (Wildman–Crippen MR) is 92.4 cm³/mol. The quantitative estimate of drug-likeness (QED) is 0.845. The summed E-state index contributed by atoms with van der Waals surface area (Å²) < 4.78 is 0. The molecule has 0 fully saturated rings. The van der Waals surface area contributed by atoms with Gasteiger partial charge in [-0.05, 0) is 46.5 Å². The molecule has 1 aliphatic rings. The van der Waals surface area contributed by atoms with E-state index in [1.165, 1.54) is 0 Å². The molecule has 3 rings (SSSR count). The molecule has 0 bridgehead atoms. The van der Waals surface area contributed by atoms with Crippen molar-refractivity contribution < 1.29 is 19.8 Å². The van der Waals surface area contributed by atoms with Crippen molar-refractivity contribution >= 4 is 36.8 Å². The van der Waals surface area contributed by atoms with Crippen LogP contribution in [0.3, 0.4) is 0 Å². The lowest BCUT2D eigenvalue weighted by atomic mass is 9.81. The first kappa shape index (κ1) is 19.0. The van der Waals surface area contributed by atoms with E-state index in [0.29, 0.717) is 0 Å². The summed E-state index contributed by atoms with van der Waals surface area (Å²) in [5.41, 5.74) is 3.84. The van der Waals surface area contributed by atoms with E-state index in [9.17, 15) is 9.59 Å². The minimum absolute atomic E-state index is 0. The second-order valence-electron chi connectivity index (χ2n) is 5.76. The summed E-state index contributed by atoms with van der Waals surface area (Å²) in [7, 11) is 0. The van der Waals surface area contributed by atoms with Crippen LogP contribution in [0.2, 0.25) is 0 Å². The van der Waals surface area contributed by atoms with Gasteiger partial charge in [0.2, 0.25) is 0 Å². The summed E-state index contributed by atoms with van der Waals surface area (Å²) in [4.78, 5) is 22.3. The van der Waals surface area contributed by atoms with Crippen LogP contribution in [0.5, 0.6) is 0 Å². The van der Waals surface area contributed by atoms with Gasteiger partial charge in [0.15, 0.2) is 0 Å². The van der Waals surface area contributed by atoms with Crippen LogP contribution in [-0.4, -0.2) is 22.2 Å². The highest BCUT2D eigenvalue weighted by Gasteiger charge is 2.36. The lowest BCUT2D eigenvalue weighted by molar-refractivity contribution is 0.0686. The van der Waals surface area contributed by atoms with Gasteiger partial charge in [0.1, 0.15) is 0 Å². The maximum Gasteiger partial charge on any atom is 0.335 e. The van der Waals surface area contributed by atoms with E-state index in [1.54, 1.807) is 36.4 Å². The molecule has 0 aliphatic heterocycles. The van der Waals surface area contributed by atoms with Gasteiger partial charge in [-0.25, -0.2) is 9.59 Å². The van der Waals surface area contributed by atoms with Crippen molar-refractivity contribution in [3.8, 4) is 11.1 Å². The molecule has 2 aromatic rings. The predicted octanol–water partition coefficient (Wildman–Crippen LogP) is 4.23. The largest absolute Gasteiger partial charge is 0.478 e. The molecule has 0 aromatic heterocycles. The Morgan fingerprint density at radius 3 is 1.43 bits per heavy atom. The Morgan fingerprint density at radius 1 is 0.783 bits per heavy atom. The van der Waals surface area contributed by atoms with Crippen LogP contribution in [0.25, 0.3) is 11.1 Å². The molecule has 122 valence electrons. The molecule has 0 unspecified atom stereocenters. The molecular weight excluding hydrogens is 339 g/mol. The Bertz CT molecular complexity index is 732. The number of hydrogen-bond acceptors (Lipinski definition) is 2. The molecule has 0 radical (unpaired) electrons. The molecule has 0 spiro atoms. The van der Waals surface area contributed by atoms with Gasteiger partial charge in [0, 0.05) is 5.41 Å². The van der Waals surface area contributed by atoms with Gasteiger partial charge in [-0.3, -0.25) is 0 Å². The number of aromatic carboxylic acids is 2. The molecule has 2 aromatic carbocycles. The lowest BCUT2D eigenvalue weighted by Gasteiger charge is -2.21. The van der Waals surface area contributed by atoms with Crippen LogP contribution in [-0.2, 0) is 5.41 Å². The highest BCUT2D eigenvalue weighted by atomic mass is 35.5. The van der Waals surface area contributed by atoms with Crippen LogP contribution in [0.4, 0.5) is 0 Å². The van der Waals surface area contributed by atoms with E-state index in [1.807, 2.05) is 13.8 Å². The molecule has 0 atom stereocenters. The Balaban J connectivity index is 0.00000132. The first-order valence-electron chi connectivity index (χ1n) is 6.58. The van der Waals surface area contributed by atoms with Crippen LogP contribution >= 0.6 is 24.8 Å². The molecule has 6 heteroatoms. The van der Waals surface area contributed by atoms with Crippen molar-refractivity contribution in [2.24, 2.45) is 0 Å². The van der Waals surface area contributed by atoms with E-state index >= 15 is 0 Å². The third-order valence-electron chi connectivity index (χ3n) is 4.17. The first-order chi connectivity index (χ1) is 9.82. The SMILES string of the molecule is CC1(C)c2cc(C(=O)O)ccc2-c2ccc(C(=O)O)cc21.Cl.Cl. The molecule has 0 saturated carbocycles. The average molecular weight is 355 g/mol. The van der Waals surface area contributed by atoms with Gasteiger partial charge >= 0.3 is 11.9 Å². The standard InChI is InChI=1S/C17H14O4.2ClH/c1-17(2)13-7-9(15(18)19)3-5-11(13)12-6-4-10(16(20)21)8-14(12)17;;/h3-8H,1-2H3,(H,18,19)(H,20,21);2*1H. The fourth-order valence-corrected chi connectivity index (χ4v) is 3.00. The van der Waals surface area contributed by atoms with E-state index in [2.05, 4.69) is 0 Å². The van der Waals surface area contributed by atoms with Crippen molar-refractivity contribution in [3.63, 3.8) is 0 Å². The number of carboxylic acids is 2. The average Bonchev–Trinajstić information content (AvgIpc) is 2.67. The smallest absolute Gasteiger partial charge is 0.335 e. The molecule has 4 nitrogen and oxygen atoms in total. The Labute approximate surface area is 146 Å². The zero-order chi connectivity index (χ0) is 15.4. The van der Waals surface area contributed by atoms with Gasteiger partial charge in [0.25, 0.3) is 0 Å². The van der Waals surface area contributed by atoms with Gasteiger partial charge in [-0.15, -0.1) is 24.8 Å². The summed E-state index contributed by atoms with van der Waals surface area (Å²) in [6, 6.07) is 10.1. The minimum atomic E-state index is -0.962. The van der Waals surface area contributed by atoms with Crippen LogP contribution in [0.1, 0.15) is 45.7 Å². The molecule has 0 saturated heterocycles. The van der Waals surface area contributed by atoms with E-state index in [-0.39, 0.29) is 35.9 Å². The Morgan fingerprint density at radius 2 is 1.13 bits per heavy atom. The fraction of sp³-hybridized carbons (Fsp3) is 0.176. The molecule has 23 heavy (non-hydrogen) atoms. The Hall–Kier alpha value is -2.04. The zero-order valence-corrected chi connectivity index (χ0v) is 14.1. The van der Waals surface area contributed by atoms with Gasteiger partial charge in [0.05, 0.1) is 11.1 Å². The van der Waals surface area contributed by atoms with Crippen LogP contribution < -0.4 is 0 Å². The lowest BCUT2D eigenvalue weighted by Crippen LogP contribution is -2.16. The normalized spacial score (nSPS) is 13.1. The third kappa shape index (κ3) is 2.80. The van der Waals surface area contributed by atoms with Crippen molar-refractivity contribution in [3.05, 3.63) is 58.7 Å². The zero-order valence-electron chi connectivity index (χ0n) is 12.5. The first-order valence-corrected chi connectivity index (χ1v) is 6.58. The number of carbonyl (C=O) groups is 2. The van der Waals surface area contributed by atoms with Crippen molar-refractivity contribution in [2.75, 3.05) is 0 Å². The molecule has 0 heterocycles. The number of benzene rings is 2. The molecular formula is C17H16Cl2O4. The van der Waals surface area contributed by atoms with E-state index in [4.69, 9.17) is 10.2 Å². The summed E-state index contributed by atoms with van der Waals surface area (Å²) >= 11 is 0. The highest BCUT2D eigenvalue weighted by molar-refractivity contribution is 5.93. The molecule has 0 amide bonds. The minimum Gasteiger partial charge on any atom is -0.478 e. The maximum atomic E-state index is 11.2. The van der Waals surface area contributed by atoms with Gasteiger partial charge in [-0.2, -0.15) is 0 Å². The van der Waals surface area contributed by atoms with Crippen molar-refractivity contribution in [1.82, 2.24) is 0 Å². The Kier molecular flexibility index (Phi) is 5.14. The second-order valence-corrected chi connectivity index (χ2v) is 5.76. The maximum absolute atomic E-state index is 11.2. The van der Waals surface area contributed by atoms with Crippen LogP contribution in [0.15, 0.2) is 36.4 Å². The molecule has 1 aliphatic carbocycles. The van der Waals surface area contributed by atoms with Gasteiger partial charge < -0.3 is 10.2 Å². The third-order valence-corrected chi connectivity index (χ3v) is 4.17. The van der Waals surface area contributed by atoms with Crippen LogP contribution in [0, 0.1) is 0 Å². The summed E-state index contributed by atoms with van der Waals surface area (Å²) in [5.74, 6) is -1.92. The number of carboxylic acid groups (broad SMARTS) is 2. The number of rotatable bonds is 2. The summed E-state index contributed by atoms with van der Waals surface area (Å²) in [6.07, 6.45) is 0. The number of fused-ring (bicyclic) bond motifs is 3. The summed E-state index contributed by atoms with van der Waals surface area (Å²) in [6.45, 7) is 3.96. The monoisotopic (exact) mass is 354 g/mol. The van der Waals surface area contributed by atoms with Crippen molar-refractivity contribution in [1.29, 1.82) is 0 Å². The fourth-order valence-electron chi connectivity index (χ4n) is 3.00. The topological polar surface area (TPSA) is 74.6 Å². The van der Waals surface area contributed by atoms with E-state index in [0.717, 1.165) is 22.3 Å². The highest BCUT2D eigenvalue weighted by Crippen LogP contribution is 2.49. The second kappa shape index (κ2) is 6.22. The summed E-state index contributed by atoms with van der Waals surface area (Å²) in [5, 5.41) is 18.3. The molecule has 2 N–H and O–H groups in total. The number of hydrogen-bond donors (Lipinski definition) is 2.